The summed E-state index contributed by atoms with van der Waals surface area (Å²) in [6.07, 6.45) is 5.46. The van der Waals surface area contributed by atoms with E-state index in [0.717, 1.165) is 56.1 Å². The smallest absolute Gasteiger partial charge is 0.269 e. The highest BCUT2D eigenvalue weighted by molar-refractivity contribution is 6.09. The molecule has 0 radical (unpaired) electrons. The first-order valence-corrected chi connectivity index (χ1v) is 15.2. The number of rotatable bonds is 5. The van der Waals surface area contributed by atoms with Gasteiger partial charge < -0.3 is 4.74 Å². The van der Waals surface area contributed by atoms with Crippen LogP contribution in [-0.4, -0.2) is 14.1 Å². The fraction of sp³-hybridized carbons (Fsp3) is 0.100. The lowest BCUT2D eigenvalue weighted by Gasteiger charge is -2.22. The van der Waals surface area contributed by atoms with Crippen molar-refractivity contribution < 1.29 is 9.30 Å². The summed E-state index contributed by atoms with van der Waals surface area (Å²) in [5, 5.41) is 2.34. The molecule has 0 aliphatic heterocycles. The quantitative estimate of drug-likeness (QED) is 0.149. The Bertz CT molecular complexity index is 2330. The van der Waals surface area contributed by atoms with Crippen molar-refractivity contribution in [3.63, 3.8) is 0 Å². The maximum atomic E-state index is 6.71. The zero-order valence-electron chi connectivity index (χ0n) is 25.5. The molecule has 3 aromatic heterocycles. The lowest BCUT2D eigenvalue weighted by Crippen LogP contribution is -2.30. The van der Waals surface area contributed by atoms with E-state index in [-0.39, 0.29) is 5.41 Å². The molecule has 218 valence electrons. The van der Waals surface area contributed by atoms with Crippen molar-refractivity contribution >= 4 is 32.8 Å². The van der Waals surface area contributed by atoms with Crippen molar-refractivity contribution in [2.75, 3.05) is 0 Å². The Labute approximate surface area is 262 Å². The van der Waals surface area contributed by atoms with Crippen LogP contribution in [-0.2, 0) is 5.41 Å². The van der Waals surface area contributed by atoms with E-state index in [1.807, 2.05) is 30.5 Å². The maximum Gasteiger partial charge on any atom is 0.269 e. The fourth-order valence-electron chi connectivity index (χ4n) is 6.11. The average molecular weight is 585 g/mol. The van der Waals surface area contributed by atoms with Gasteiger partial charge in [-0.05, 0) is 71.6 Å². The minimum Gasteiger partial charge on any atom is -0.458 e. The first kappa shape index (κ1) is 26.9. The second kappa shape index (κ2) is 10.5. The van der Waals surface area contributed by atoms with Crippen LogP contribution in [0.5, 0.6) is 11.5 Å². The molecule has 5 heteroatoms. The Morgan fingerprint density at radius 2 is 1.38 bits per heavy atom. The number of benzene rings is 5. The number of pyridine rings is 1. The molecular formula is C40H32N4O. The van der Waals surface area contributed by atoms with Gasteiger partial charge in [0.2, 0.25) is 0 Å². The van der Waals surface area contributed by atoms with Gasteiger partial charge in [0, 0.05) is 23.0 Å². The van der Waals surface area contributed by atoms with E-state index in [2.05, 4.69) is 155 Å². The Morgan fingerprint density at radius 3 is 2.18 bits per heavy atom. The molecule has 45 heavy (non-hydrogen) atoms. The monoisotopic (exact) mass is 584 g/mol. The van der Waals surface area contributed by atoms with Crippen LogP contribution in [0.3, 0.4) is 0 Å². The molecule has 5 aromatic carbocycles. The Kier molecular flexibility index (Phi) is 6.27. The molecule has 8 rings (SSSR count). The number of imidazole rings is 1. The standard InChI is InChI=1S/C40H32N4O/c1-40(2,3)28-23-30(43-27-42(29-13-5-4-6-14-29)36-17-9-10-18-37(36)43)25-32(24-28)45-31-20-21-34-33-15-7-8-16-35(33)44(38(34)26-31)39-19-11-12-22-41-39/h4-26H,1-3H3. The van der Waals surface area contributed by atoms with Crippen molar-refractivity contribution in [2.24, 2.45) is 0 Å². The molecule has 0 fully saturated rings. The van der Waals surface area contributed by atoms with Crippen LogP contribution in [0, 0.1) is 6.33 Å². The number of aromatic nitrogens is 4. The average Bonchev–Trinajstić information content (AvgIpc) is 3.61. The molecule has 0 bridgehead atoms. The van der Waals surface area contributed by atoms with E-state index in [4.69, 9.17) is 4.74 Å². The van der Waals surface area contributed by atoms with Gasteiger partial charge in [-0.25, -0.2) is 4.98 Å². The summed E-state index contributed by atoms with van der Waals surface area (Å²) >= 11 is 0. The van der Waals surface area contributed by atoms with Crippen LogP contribution in [0.1, 0.15) is 26.3 Å². The number of hydrogen-bond donors (Lipinski definition) is 0. The van der Waals surface area contributed by atoms with Crippen molar-refractivity contribution in [1.82, 2.24) is 14.1 Å². The molecule has 0 saturated carbocycles. The van der Waals surface area contributed by atoms with Gasteiger partial charge in [0.15, 0.2) is 0 Å². The third kappa shape index (κ3) is 4.74. The molecular weight excluding hydrogens is 552 g/mol. The number of nitrogens with zero attached hydrogens (tertiary/aromatic N) is 4. The minimum absolute atomic E-state index is 0.0954. The summed E-state index contributed by atoms with van der Waals surface area (Å²) in [5.41, 5.74) is 7.45. The third-order valence-corrected chi connectivity index (χ3v) is 8.35. The van der Waals surface area contributed by atoms with Crippen LogP contribution >= 0.6 is 0 Å². The summed E-state index contributed by atoms with van der Waals surface area (Å²) in [7, 11) is 0. The number of para-hydroxylation sites is 4. The van der Waals surface area contributed by atoms with E-state index in [0.29, 0.717) is 0 Å². The van der Waals surface area contributed by atoms with Gasteiger partial charge in [-0.1, -0.05) is 87.5 Å². The second-order valence-electron chi connectivity index (χ2n) is 12.4. The van der Waals surface area contributed by atoms with Gasteiger partial charge in [-0.15, -0.1) is 0 Å². The summed E-state index contributed by atoms with van der Waals surface area (Å²) in [5.74, 6) is 2.41. The third-order valence-electron chi connectivity index (χ3n) is 8.35. The van der Waals surface area contributed by atoms with Crippen LogP contribution < -0.4 is 9.30 Å². The molecule has 0 amide bonds. The summed E-state index contributed by atoms with van der Waals surface area (Å²) in [6.45, 7) is 6.69. The summed E-state index contributed by atoms with van der Waals surface area (Å²) in [6, 6.07) is 46.1. The van der Waals surface area contributed by atoms with Crippen molar-refractivity contribution in [3.8, 4) is 28.7 Å². The van der Waals surface area contributed by atoms with Crippen LogP contribution in [0.2, 0.25) is 0 Å². The Balaban J connectivity index is 1.28. The van der Waals surface area contributed by atoms with E-state index >= 15 is 0 Å². The van der Waals surface area contributed by atoms with Crippen molar-refractivity contribution in [1.29, 1.82) is 0 Å². The predicted molar refractivity (Wildman–Crippen MR) is 181 cm³/mol. The summed E-state index contributed by atoms with van der Waals surface area (Å²) < 4.78 is 13.2. The molecule has 0 N–H and O–H groups in total. The topological polar surface area (TPSA) is 35.9 Å². The van der Waals surface area contributed by atoms with Crippen molar-refractivity contribution in [3.05, 3.63) is 152 Å². The van der Waals surface area contributed by atoms with Gasteiger partial charge in [0.1, 0.15) is 17.3 Å². The molecule has 0 unspecified atom stereocenters. The van der Waals surface area contributed by atoms with E-state index in [1.165, 1.54) is 10.9 Å². The number of hydrogen-bond acceptors (Lipinski definition) is 2. The van der Waals surface area contributed by atoms with Crippen LogP contribution in [0.4, 0.5) is 0 Å². The van der Waals surface area contributed by atoms with Gasteiger partial charge in [0.25, 0.3) is 6.33 Å². The second-order valence-corrected chi connectivity index (χ2v) is 12.4. The maximum absolute atomic E-state index is 6.71. The first-order valence-electron chi connectivity index (χ1n) is 15.2. The molecule has 0 atom stereocenters. The first-order chi connectivity index (χ1) is 21.9. The van der Waals surface area contributed by atoms with Gasteiger partial charge in [-0.2, -0.15) is 0 Å². The van der Waals surface area contributed by atoms with Gasteiger partial charge in [0.05, 0.1) is 33.4 Å². The van der Waals surface area contributed by atoms with E-state index < -0.39 is 0 Å². The highest BCUT2D eigenvalue weighted by Gasteiger charge is 2.20. The number of fused-ring (bicyclic) bond motifs is 4. The normalized spacial score (nSPS) is 11.9. The Hall–Kier alpha value is -5.68. The molecule has 0 saturated heterocycles. The molecule has 8 aromatic rings. The largest absolute Gasteiger partial charge is 0.458 e. The van der Waals surface area contributed by atoms with Crippen molar-refractivity contribution in [2.45, 2.75) is 26.2 Å². The SMILES string of the molecule is CC(C)(C)c1cc(Oc2ccc3c4ccccc4n(-c4ccccn4)c3c2)cc(-[n+]2[c-]n(-c3ccccc3)c3ccccc32)c1. The number of ether oxygens (including phenoxy) is 1. The molecule has 5 nitrogen and oxygen atoms in total. The zero-order valence-corrected chi connectivity index (χ0v) is 25.5. The predicted octanol–water partition coefficient (Wildman–Crippen LogP) is 9.29. The highest BCUT2D eigenvalue weighted by atomic mass is 16.5. The van der Waals surface area contributed by atoms with Gasteiger partial charge in [-0.3, -0.25) is 13.7 Å². The van der Waals surface area contributed by atoms with E-state index in [9.17, 15) is 0 Å². The van der Waals surface area contributed by atoms with Gasteiger partial charge >= 0.3 is 0 Å². The lowest BCUT2D eigenvalue weighted by molar-refractivity contribution is -0.572. The van der Waals surface area contributed by atoms with Crippen LogP contribution in [0.15, 0.2) is 140 Å². The molecule has 3 heterocycles. The fourth-order valence-corrected chi connectivity index (χ4v) is 6.11. The highest BCUT2D eigenvalue weighted by Crippen LogP contribution is 2.36. The van der Waals surface area contributed by atoms with E-state index in [1.54, 1.807) is 0 Å². The Morgan fingerprint density at radius 1 is 0.644 bits per heavy atom. The lowest BCUT2D eigenvalue weighted by atomic mass is 9.86. The molecule has 0 aliphatic rings. The molecule has 0 spiro atoms. The summed E-state index contributed by atoms with van der Waals surface area (Å²) in [4.78, 5) is 4.68. The molecule has 0 aliphatic carbocycles. The minimum atomic E-state index is -0.0954. The zero-order chi connectivity index (χ0) is 30.5. The van der Waals surface area contributed by atoms with Crippen LogP contribution in [0.25, 0.3) is 50.0 Å².